The van der Waals surface area contributed by atoms with Gasteiger partial charge in [-0.05, 0) is 24.3 Å². The predicted octanol–water partition coefficient (Wildman–Crippen LogP) is 6.01. The van der Waals surface area contributed by atoms with Crippen LogP contribution in [0.5, 0.6) is 0 Å². The molecule has 0 spiro atoms. The van der Waals surface area contributed by atoms with E-state index in [2.05, 4.69) is 44.2 Å². The van der Waals surface area contributed by atoms with Crippen LogP contribution in [0.4, 0.5) is 0 Å². The molecule has 0 fully saturated rings. The molecule has 0 aliphatic carbocycles. The molecule has 18 heavy (non-hydrogen) atoms. The monoisotopic (exact) mass is 246 g/mol. The summed E-state index contributed by atoms with van der Waals surface area (Å²) in [6, 6.07) is 10.9. The molecule has 102 valence electrons. The largest absolute Gasteiger partial charge is 0.0651 e. The van der Waals surface area contributed by atoms with Crippen LogP contribution in [-0.4, -0.2) is 0 Å². The quantitative estimate of drug-likeness (QED) is 0.444. The molecule has 0 aliphatic heterocycles. The molecule has 0 saturated carbocycles. The Kier molecular flexibility index (Phi) is 8.63. The maximum atomic E-state index is 2.33. The van der Waals surface area contributed by atoms with Gasteiger partial charge in [-0.25, -0.2) is 0 Å². The number of rotatable bonds is 10. The van der Waals surface area contributed by atoms with Gasteiger partial charge >= 0.3 is 0 Å². The summed E-state index contributed by atoms with van der Waals surface area (Å²) in [6.07, 6.45) is 12.5. The normalized spacial score (nSPS) is 11.1. The first-order chi connectivity index (χ1) is 8.86. The first kappa shape index (κ1) is 15.3. The van der Waals surface area contributed by atoms with Crippen LogP contribution in [-0.2, 0) is 6.42 Å². The Morgan fingerprint density at radius 2 is 1.39 bits per heavy atom. The van der Waals surface area contributed by atoms with Gasteiger partial charge in [0, 0.05) is 0 Å². The van der Waals surface area contributed by atoms with E-state index in [9.17, 15) is 0 Å². The van der Waals surface area contributed by atoms with Gasteiger partial charge in [0.2, 0.25) is 0 Å². The SMILES string of the molecule is CCC(CC)CCCCCCCc1ccccc1. The van der Waals surface area contributed by atoms with Crippen molar-refractivity contribution in [1.29, 1.82) is 0 Å². The van der Waals surface area contributed by atoms with Crippen molar-refractivity contribution in [1.82, 2.24) is 0 Å². The van der Waals surface area contributed by atoms with E-state index < -0.39 is 0 Å². The third kappa shape index (κ3) is 6.83. The minimum Gasteiger partial charge on any atom is -0.0651 e. The van der Waals surface area contributed by atoms with E-state index >= 15 is 0 Å². The molecule has 0 atom stereocenters. The second kappa shape index (κ2) is 10.2. The van der Waals surface area contributed by atoms with Gasteiger partial charge in [0.1, 0.15) is 0 Å². The van der Waals surface area contributed by atoms with Crippen molar-refractivity contribution in [3.8, 4) is 0 Å². The maximum absolute atomic E-state index is 2.33. The smallest absolute Gasteiger partial charge is 0.0279 e. The minimum atomic E-state index is 0.981. The molecule has 1 rings (SSSR count). The van der Waals surface area contributed by atoms with E-state index in [0.717, 1.165) is 5.92 Å². The number of hydrogen-bond donors (Lipinski definition) is 0. The summed E-state index contributed by atoms with van der Waals surface area (Å²) in [4.78, 5) is 0. The predicted molar refractivity (Wildman–Crippen MR) is 81.9 cm³/mol. The summed E-state index contributed by atoms with van der Waals surface area (Å²) in [5.74, 6) is 0.981. The van der Waals surface area contributed by atoms with E-state index in [0.29, 0.717) is 0 Å². The summed E-state index contributed by atoms with van der Waals surface area (Å²) in [5, 5.41) is 0. The Balaban J connectivity index is 1.93. The molecule has 0 amide bonds. The van der Waals surface area contributed by atoms with Gasteiger partial charge in [0.25, 0.3) is 0 Å². The molecule has 0 nitrogen and oxygen atoms in total. The van der Waals surface area contributed by atoms with Gasteiger partial charge in [-0.1, -0.05) is 89.1 Å². The summed E-state index contributed by atoms with van der Waals surface area (Å²) in [5.41, 5.74) is 1.49. The van der Waals surface area contributed by atoms with Crippen molar-refractivity contribution < 1.29 is 0 Å². The first-order valence-electron chi connectivity index (χ1n) is 7.90. The fourth-order valence-corrected chi connectivity index (χ4v) is 2.63. The molecular weight excluding hydrogens is 216 g/mol. The van der Waals surface area contributed by atoms with Crippen molar-refractivity contribution in [2.45, 2.75) is 71.6 Å². The van der Waals surface area contributed by atoms with Crippen LogP contribution in [0.1, 0.15) is 70.8 Å². The van der Waals surface area contributed by atoms with Gasteiger partial charge in [-0.2, -0.15) is 0 Å². The Labute approximate surface area is 114 Å². The van der Waals surface area contributed by atoms with Crippen molar-refractivity contribution >= 4 is 0 Å². The first-order valence-corrected chi connectivity index (χ1v) is 7.90. The van der Waals surface area contributed by atoms with Gasteiger partial charge < -0.3 is 0 Å². The summed E-state index contributed by atoms with van der Waals surface area (Å²) < 4.78 is 0. The second-order valence-corrected chi connectivity index (χ2v) is 5.47. The zero-order chi connectivity index (χ0) is 13.1. The standard InChI is InChI=1S/C18H30/c1-3-17(4-2)13-9-6-5-7-10-14-18-15-11-8-12-16-18/h8,11-12,15-17H,3-7,9-10,13-14H2,1-2H3. The molecule has 0 heteroatoms. The molecule has 0 radical (unpaired) electrons. The third-order valence-electron chi connectivity index (χ3n) is 4.08. The van der Waals surface area contributed by atoms with Crippen molar-refractivity contribution in [2.24, 2.45) is 5.92 Å². The lowest BCUT2D eigenvalue weighted by Gasteiger charge is -2.11. The van der Waals surface area contributed by atoms with Crippen LogP contribution in [0.25, 0.3) is 0 Å². The van der Waals surface area contributed by atoms with Crippen LogP contribution in [0.15, 0.2) is 30.3 Å². The summed E-state index contributed by atoms with van der Waals surface area (Å²) >= 11 is 0. The zero-order valence-electron chi connectivity index (χ0n) is 12.3. The van der Waals surface area contributed by atoms with E-state index in [4.69, 9.17) is 0 Å². The summed E-state index contributed by atoms with van der Waals surface area (Å²) in [6.45, 7) is 4.65. The molecule has 0 aromatic heterocycles. The maximum Gasteiger partial charge on any atom is -0.0279 e. The van der Waals surface area contributed by atoms with E-state index in [1.807, 2.05) is 0 Å². The van der Waals surface area contributed by atoms with Crippen LogP contribution in [0.3, 0.4) is 0 Å². The highest BCUT2D eigenvalue weighted by Gasteiger charge is 2.02. The third-order valence-corrected chi connectivity index (χ3v) is 4.08. The van der Waals surface area contributed by atoms with Crippen molar-refractivity contribution in [2.75, 3.05) is 0 Å². The van der Waals surface area contributed by atoms with Crippen LogP contribution >= 0.6 is 0 Å². The summed E-state index contributed by atoms with van der Waals surface area (Å²) in [7, 11) is 0. The van der Waals surface area contributed by atoms with E-state index in [1.165, 1.54) is 63.4 Å². The van der Waals surface area contributed by atoms with Crippen LogP contribution < -0.4 is 0 Å². The van der Waals surface area contributed by atoms with Gasteiger partial charge in [0.05, 0.1) is 0 Å². The lowest BCUT2D eigenvalue weighted by molar-refractivity contribution is 0.427. The minimum absolute atomic E-state index is 0.981. The van der Waals surface area contributed by atoms with Crippen molar-refractivity contribution in [3.63, 3.8) is 0 Å². The topological polar surface area (TPSA) is 0 Å². The highest BCUT2D eigenvalue weighted by Crippen LogP contribution is 2.17. The molecule has 0 heterocycles. The second-order valence-electron chi connectivity index (χ2n) is 5.47. The highest BCUT2D eigenvalue weighted by molar-refractivity contribution is 5.14. The highest BCUT2D eigenvalue weighted by atomic mass is 14.1. The lowest BCUT2D eigenvalue weighted by Crippen LogP contribution is -1.96. The van der Waals surface area contributed by atoms with Crippen LogP contribution in [0.2, 0.25) is 0 Å². The van der Waals surface area contributed by atoms with Crippen molar-refractivity contribution in [3.05, 3.63) is 35.9 Å². The van der Waals surface area contributed by atoms with Gasteiger partial charge in [0.15, 0.2) is 0 Å². The Hall–Kier alpha value is -0.780. The number of aryl methyl sites for hydroxylation is 1. The molecule has 0 aliphatic rings. The zero-order valence-corrected chi connectivity index (χ0v) is 12.3. The Morgan fingerprint density at radius 3 is 2.06 bits per heavy atom. The molecule has 0 N–H and O–H groups in total. The average molecular weight is 246 g/mol. The van der Waals surface area contributed by atoms with E-state index in [1.54, 1.807) is 0 Å². The number of hydrogen-bond acceptors (Lipinski definition) is 0. The lowest BCUT2D eigenvalue weighted by atomic mass is 9.95. The number of benzene rings is 1. The van der Waals surface area contributed by atoms with E-state index in [-0.39, 0.29) is 0 Å². The average Bonchev–Trinajstić information content (AvgIpc) is 2.43. The van der Waals surface area contributed by atoms with Gasteiger partial charge in [-0.3, -0.25) is 0 Å². The Bertz CT molecular complexity index is 271. The van der Waals surface area contributed by atoms with Crippen LogP contribution in [0, 0.1) is 5.92 Å². The Morgan fingerprint density at radius 1 is 0.778 bits per heavy atom. The fraction of sp³-hybridized carbons (Fsp3) is 0.667. The van der Waals surface area contributed by atoms with Gasteiger partial charge in [-0.15, -0.1) is 0 Å². The molecule has 1 aromatic carbocycles. The molecular formula is C18H30. The number of unbranched alkanes of at least 4 members (excludes halogenated alkanes) is 4. The fourth-order valence-electron chi connectivity index (χ4n) is 2.63. The molecule has 1 aromatic rings. The molecule has 0 bridgehead atoms. The molecule has 0 saturated heterocycles. The molecule has 0 unspecified atom stereocenters.